The van der Waals surface area contributed by atoms with E-state index in [1.165, 1.54) is 66.8 Å². The van der Waals surface area contributed by atoms with Crippen LogP contribution in [0.4, 0.5) is 0 Å². The van der Waals surface area contributed by atoms with Crippen molar-refractivity contribution in [3.8, 4) is 89.3 Å². The number of rotatable bonds is 6. The van der Waals surface area contributed by atoms with Crippen LogP contribution < -0.4 is 0 Å². The first kappa shape index (κ1) is 36.5. The van der Waals surface area contributed by atoms with Gasteiger partial charge in [0.15, 0.2) is 0 Å². The molecule has 11 aromatic rings. The van der Waals surface area contributed by atoms with Crippen LogP contribution in [0.25, 0.3) is 111 Å². The second-order valence-electron chi connectivity index (χ2n) is 17.3. The molecule has 0 saturated heterocycles. The van der Waals surface area contributed by atoms with Gasteiger partial charge in [-0.15, -0.1) is 0 Å². The third-order valence-corrected chi connectivity index (χ3v) is 13.5. The maximum Gasteiger partial charge on any atom is 0.0978 e. The molecule has 9 aromatic carbocycles. The topological polar surface area (TPSA) is 25.8 Å². The summed E-state index contributed by atoms with van der Waals surface area (Å²) in [4.78, 5) is 11.3. The fourth-order valence-electron chi connectivity index (χ4n) is 10.3. The Hall–Kier alpha value is -8.20. The van der Waals surface area contributed by atoms with Crippen molar-refractivity contribution in [3.05, 3.63) is 241 Å². The molecule has 298 valence electrons. The Morgan fingerprint density at radius 1 is 0.234 bits per heavy atom. The van der Waals surface area contributed by atoms with Crippen LogP contribution in [-0.2, 0) is 12.8 Å². The average Bonchev–Trinajstić information content (AvgIpc) is 3.94. The lowest BCUT2D eigenvalue weighted by atomic mass is 9.92. The molecule has 2 heteroatoms. The van der Waals surface area contributed by atoms with Crippen molar-refractivity contribution in [3.63, 3.8) is 0 Å². The van der Waals surface area contributed by atoms with E-state index < -0.39 is 0 Å². The molecule has 0 atom stereocenters. The molecule has 2 aromatic heterocycles. The molecular weight excluding hydrogens is 773 g/mol. The van der Waals surface area contributed by atoms with E-state index in [1.54, 1.807) is 0 Å². The fraction of sp³-hybridized carbons (Fsp3) is 0.0323. The van der Waals surface area contributed by atoms with Crippen LogP contribution >= 0.6 is 0 Å². The Balaban J connectivity index is 1.04. The first-order valence-corrected chi connectivity index (χ1v) is 22.2. The monoisotopic (exact) mass is 812 g/mol. The molecule has 2 aliphatic rings. The van der Waals surface area contributed by atoms with Gasteiger partial charge in [-0.05, 0) is 126 Å². The summed E-state index contributed by atoms with van der Waals surface area (Å²) >= 11 is 0. The zero-order chi connectivity index (χ0) is 42.1. The van der Waals surface area contributed by atoms with Gasteiger partial charge in [-0.2, -0.15) is 0 Å². The van der Waals surface area contributed by atoms with E-state index in [4.69, 9.17) is 9.97 Å². The largest absolute Gasteiger partial charge is 0.245 e. The van der Waals surface area contributed by atoms with Crippen LogP contribution in [0.3, 0.4) is 0 Å². The highest BCUT2D eigenvalue weighted by molar-refractivity contribution is 6.13. The summed E-state index contributed by atoms with van der Waals surface area (Å²) in [6.45, 7) is 0. The van der Waals surface area contributed by atoms with Crippen LogP contribution in [0.2, 0.25) is 0 Å². The van der Waals surface area contributed by atoms with Crippen molar-refractivity contribution in [1.29, 1.82) is 0 Å². The molecule has 0 amide bonds. The van der Waals surface area contributed by atoms with Crippen LogP contribution in [0.5, 0.6) is 0 Å². The lowest BCUT2D eigenvalue weighted by Crippen LogP contribution is -1.96. The minimum Gasteiger partial charge on any atom is -0.245 e. The summed E-state index contributed by atoms with van der Waals surface area (Å²) in [5, 5.41) is 2.16. The molecule has 0 N–H and O–H groups in total. The number of benzene rings is 9. The summed E-state index contributed by atoms with van der Waals surface area (Å²) in [6, 6.07) is 79.7. The van der Waals surface area contributed by atoms with Crippen LogP contribution in [0.15, 0.2) is 218 Å². The van der Waals surface area contributed by atoms with E-state index in [2.05, 4.69) is 218 Å². The van der Waals surface area contributed by atoms with Gasteiger partial charge in [0.2, 0.25) is 0 Å². The number of fused-ring (bicyclic) bond motifs is 9. The van der Waals surface area contributed by atoms with Gasteiger partial charge in [0, 0.05) is 21.9 Å². The Labute approximate surface area is 372 Å². The second kappa shape index (κ2) is 14.7. The van der Waals surface area contributed by atoms with E-state index in [0.29, 0.717) is 0 Å². The van der Waals surface area contributed by atoms with E-state index >= 15 is 0 Å². The van der Waals surface area contributed by atoms with Gasteiger partial charge in [-0.3, -0.25) is 0 Å². The van der Waals surface area contributed by atoms with E-state index in [-0.39, 0.29) is 0 Å². The summed E-state index contributed by atoms with van der Waals surface area (Å²) < 4.78 is 0. The molecular formula is C62H40N2. The first-order valence-electron chi connectivity index (χ1n) is 22.2. The minimum absolute atomic E-state index is 0.901. The SMILES string of the molecule is c1ccc(-c2ccc(-c3cc(-c4ccc5c(c4)Cc4ccccc4-5)nc4c3ccc3c(-c5ccc(-c6ccccc6)cc5)cc(-c5ccc6c(c5)Cc5ccccc5-6)nc34)cc2)cc1. The average molecular weight is 813 g/mol. The van der Waals surface area contributed by atoms with Gasteiger partial charge in [-0.25, -0.2) is 9.97 Å². The molecule has 64 heavy (non-hydrogen) atoms. The number of hydrogen-bond donors (Lipinski definition) is 0. The highest BCUT2D eigenvalue weighted by atomic mass is 14.8. The van der Waals surface area contributed by atoms with Gasteiger partial charge in [0.1, 0.15) is 0 Å². The lowest BCUT2D eigenvalue weighted by molar-refractivity contribution is 1.26. The Kier molecular flexibility index (Phi) is 8.39. The predicted molar refractivity (Wildman–Crippen MR) is 266 cm³/mol. The molecule has 0 aliphatic heterocycles. The third-order valence-electron chi connectivity index (χ3n) is 13.5. The number of aromatic nitrogens is 2. The molecule has 2 nitrogen and oxygen atoms in total. The van der Waals surface area contributed by atoms with Gasteiger partial charge >= 0.3 is 0 Å². The first-order chi connectivity index (χ1) is 31.7. The molecule has 0 spiro atoms. The fourth-order valence-corrected chi connectivity index (χ4v) is 10.3. The van der Waals surface area contributed by atoms with Gasteiger partial charge in [0.05, 0.1) is 22.4 Å². The van der Waals surface area contributed by atoms with Crippen molar-refractivity contribution in [2.24, 2.45) is 0 Å². The van der Waals surface area contributed by atoms with Crippen molar-refractivity contribution >= 4 is 21.8 Å². The van der Waals surface area contributed by atoms with E-state index in [0.717, 1.165) is 79.4 Å². The third kappa shape index (κ3) is 6.10. The van der Waals surface area contributed by atoms with Crippen molar-refractivity contribution in [1.82, 2.24) is 9.97 Å². The molecule has 0 radical (unpaired) electrons. The zero-order valence-electron chi connectivity index (χ0n) is 35.1. The molecule has 2 heterocycles. The number of hydrogen-bond acceptors (Lipinski definition) is 2. The molecule has 0 fully saturated rings. The minimum atomic E-state index is 0.901. The van der Waals surface area contributed by atoms with Crippen LogP contribution in [0.1, 0.15) is 22.3 Å². The van der Waals surface area contributed by atoms with Crippen molar-refractivity contribution in [2.75, 3.05) is 0 Å². The van der Waals surface area contributed by atoms with Crippen molar-refractivity contribution in [2.45, 2.75) is 12.8 Å². The van der Waals surface area contributed by atoms with Gasteiger partial charge < -0.3 is 0 Å². The van der Waals surface area contributed by atoms with E-state index in [9.17, 15) is 0 Å². The summed E-state index contributed by atoms with van der Waals surface area (Å²) in [7, 11) is 0. The lowest BCUT2D eigenvalue weighted by Gasteiger charge is -2.16. The molecule has 0 unspecified atom stereocenters. The smallest absolute Gasteiger partial charge is 0.0978 e. The molecule has 13 rings (SSSR count). The normalized spacial score (nSPS) is 12.2. The molecule has 0 saturated carbocycles. The second-order valence-corrected chi connectivity index (χ2v) is 17.3. The summed E-state index contributed by atoms with van der Waals surface area (Å²) in [5.74, 6) is 0. The van der Waals surface area contributed by atoms with E-state index in [1.807, 2.05) is 0 Å². The summed E-state index contributed by atoms with van der Waals surface area (Å²) in [6.07, 6.45) is 1.85. The summed E-state index contributed by atoms with van der Waals surface area (Å²) in [5.41, 5.74) is 26.0. The Morgan fingerprint density at radius 2 is 0.578 bits per heavy atom. The molecule has 2 aliphatic carbocycles. The maximum absolute atomic E-state index is 5.65. The quantitative estimate of drug-likeness (QED) is 0.156. The van der Waals surface area contributed by atoms with Gasteiger partial charge in [0.25, 0.3) is 0 Å². The van der Waals surface area contributed by atoms with Crippen molar-refractivity contribution < 1.29 is 0 Å². The standard InChI is InChI=1S/C62H40N2/c1-3-11-39(12-4-1)41-19-23-43(24-20-41)57-37-59(47-27-29-53-49(35-47)33-45-15-7-9-17-51(45)53)63-61-55(57)31-32-56-58(44-25-21-42(22-26-44)40-13-5-2-6-14-40)38-60(64-62(56)61)48-28-30-54-50(36-48)34-46-16-8-10-18-52(46)54/h1-32,35-38H,33-34H2. The highest BCUT2D eigenvalue weighted by Crippen LogP contribution is 2.44. The van der Waals surface area contributed by atoms with Crippen LogP contribution in [-0.4, -0.2) is 9.97 Å². The predicted octanol–water partition coefficient (Wildman–Crippen LogP) is 15.9. The Bertz CT molecular complexity index is 3380. The molecule has 0 bridgehead atoms. The Morgan fingerprint density at radius 3 is 1.02 bits per heavy atom. The van der Waals surface area contributed by atoms with Gasteiger partial charge in [-0.1, -0.05) is 194 Å². The van der Waals surface area contributed by atoms with Crippen LogP contribution in [0, 0.1) is 0 Å². The maximum atomic E-state index is 5.65. The number of nitrogens with zero attached hydrogens (tertiary/aromatic N) is 2. The highest BCUT2D eigenvalue weighted by Gasteiger charge is 2.23. The zero-order valence-corrected chi connectivity index (χ0v) is 35.1. The number of pyridine rings is 2.